The van der Waals surface area contributed by atoms with Crippen LogP contribution in [0.3, 0.4) is 0 Å². The number of fused-ring (bicyclic) bond motifs is 2. The maximum atomic E-state index is 11.2. The lowest BCUT2D eigenvalue weighted by Crippen LogP contribution is -2.08. The second-order valence-electron chi connectivity index (χ2n) is 6.05. The van der Waals surface area contributed by atoms with Gasteiger partial charge in [0.2, 0.25) is 0 Å². The highest BCUT2D eigenvalue weighted by atomic mass is 16.6. The van der Waals surface area contributed by atoms with Gasteiger partial charge in [0, 0.05) is 12.3 Å². The molecule has 0 saturated carbocycles. The first-order chi connectivity index (χ1) is 12.2. The minimum atomic E-state index is -0.372. The summed E-state index contributed by atoms with van der Waals surface area (Å²) in [6.07, 6.45) is 3.54. The Hall–Kier alpha value is -3.15. The van der Waals surface area contributed by atoms with E-state index in [4.69, 9.17) is 4.74 Å². The van der Waals surface area contributed by atoms with E-state index in [1.54, 1.807) is 31.5 Å². The van der Waals surface area contributed by atoms with E-state index >= 15 is 0 Å². The van der Waals surface area contributed by atoms with Crippen molar-refractivity contribution in [1.82, 2.24) is 4.98 Å². The molecular weight excluding hydrogens is 318 g/mol. The van der Waals surface area contributed by atoms with Gasteiger partial charge in [0.25, 0.3) is 5.69 Å². The number of hydrogen-bond acceptors (Lipinski definition) is 5. The fraction of sp³-hybridized carbons (Fsp3) is 0.211. The Morgan fingerprint density at radius 2 is 2.12 bits per heavy atom. The normalized spacial score (nSPS) is 15.8. The smallest absolute Gasteiger partial charge is 0.278 e. The third-order valence-corrected chi connectivity index (χ3v) is 4.72. The predicted molar refractivity (Wildman–Crippen MR) is 96.1 cm³/mol. The van der Waals surface area contributed by atoms with Crippen LogP contribution in [0.25, 0.3) is 10.9 Å². The number of nitrogens with zero attached hydrogens (tertiary/aromatic N) is 2. The zero-order valence-electron chi connectivity index (χ0n) is 13.7. The van der Waals surface area contributed by atoms with Crippen molar-refractivity contribution in [2.45, 2.75) is 18.9 Å². The molecule has 0 fully saturated rings. The summed E-state index contributed by atoms with van der Waals surface area (Å²) in [6, 6.07) is 12.9. The van der Waals surface area contributed by atoms with E-state index in [9.17, 15) is 10.1 Å². The molecule has 1 atom stereocenters. The van der Waals surface area contributed by atoms with Crippen molar-refractivity contribution in [2.24, 2.45) is 0 Å². The number of rotatable bonds is 4. The van der Waals surface area contributed by atoms with E-state index in [0.29, 0.717) is 10.9 Å². The predicted octanol–water partition coefficient (Wildman–Crippen LogP) is 4.25. The minimum absolute atomic E-state index is 0.0714. The van der Waals surface area contributed by atoms with Crippen molar-refractivity contribution in [3.05, 3.63) is 69.9 Å². The molecule has 4 rings (SSSR count). The van der Waals surface area contributed by atoms with Gasteiger partial charge < -0.3 is 10.1 Å². The van der Waals surface area contributed by atoms with Crippen molar-refractivity contribution >= 4 is 22.3 Å². The highest BCUT2D eigenvalue weighted by Crippen LogP contribution is 2.40. The molecule has 126 valence electrons. The largest absolute Gasteiger partial charge is 0.496 e. The van der Waals surface area contributed by atoms with Crippen molar-refractivity contribution < 1.29 is 9.66 Å². The molecule has 25 heavy (non-hydrogen) atoms. The van der Waals surface area contributed by atoms with E-state index in [-0.39, 0.29) is 16.7 Å². The van der Waals surface area contributed by atoms with E-state index in [1.165, 1.54) is 17.2 Å². The number of hydrogen-bond donors (Lipinski definition) is 1. The fourth-order valence-electron chi connectivity index (χ4n) is 3.58. The monoisotopic (exact) mass is 335 g/mol. The SMILES string of the molecule is COc1cccc2c1CCC2Nc1ccc([N+](=O)[O-])c2cccnc12. The first-order valence-corrected chi connectivity index (χ1v) is 8.13. The Morgan fingerprint density at radius 3 is 2.92 bits per heavy atom. The second-order valence-corrected chi connectivity index (χ2v) is 6.05. The van der Waals surface area contributed by atoms with Gasteiger partial charge in [-0.25, -0.2) is 0 Å². The topological polar surface area (TPSA) is 77.3 Å². The number of benzene rings is 2. The van der Waals surface area contributed by atoms with Gasteiger partial charge in [0.05, 0.1) is 29.1 Å². The number of nitro benzene ring substituents is 1. The third kappa shape index (κ3) is 2.55. The zero-order chi connectivity index (χ0) is 17.4. The molecule has 6 heteroatoms. The highest BCUT2D eigenvalue weighted by Gasteiger charge is 2.26. The number of anilines is 1. The molecule has 0 saturated heterocycles. The van der Waals surface area contributed by atoms with Crippen LogP contribution in [0.15, 0.2) is 48.7 Å². The standard InChI is InChI=1S/C19H17N3O3/c1-25-18-6-2-4-12-13(18)7-8-15(12)21-16-9-10-17(22(23)24)14-5-3-11-20-19(14)16/h2-6,9-11,15,21H,7-8H2,1H3. The summed E-state index contributed by atoms with van der Waals surface area (Å²) >= 11 is 0. The summed E-state index contributed by atoms with van der Waals surface area (Å²) in [5.41, 5.74) is 3.93. The van der Waals surface area contributed by atoms with Crippen LogP contribution in [-0.2, 0) is 6.42 Å². The van der Waals surface area contributed by atoms with Crippen LogP contribution in [0.4, 0.5) is 11.4 Å². The molecule has 1 aliphatic carbocycles. The van der Waals surface area contributed by atoms with Gasteiger partial charge in [-0.05, 0) is 48.2 Å². The average molecular weight is 335 g/mol. The van der Waals surface area contributed by atoms with E-state index in [0.717, 1.165) is 24.3 Å². The number of aromatic nitrogens is 1. The molecule has 0 amide bonds. The molecule has 1 unspecified atom stereocenters. The van der Waals surface area contributed by atoms with Gasteiger partial charge in [-0.2, -0.15) is 0 Å². The van der Waals surface area contributed by atoms with Crippen LogP contribution in [-0.4, -0.2) is 17.0 Å². The Labute approximate surface area is 144 Å². The van der Waals surface area contributed by atoms with Gasteiger partial charge in [-0.1, -0.05) is 12.1 Å². The van der Waals surface area contributed by atoms with E-state index in [2.05, 4.69) is 16.4 Å². The Morgan fingerprint density at radius 1 is 1.24 bits per heavy atom. The molecule has 0 spiro atoms. The number of methoxy groups -OCH3 is 1. The Balaban J connectivity index is 1.75. The first-order valence-electron chi connectivity index (χ1n) is 8.13. The van der Waals surface area contributed by atoms with Crippen LogP contribution < -0.4 is 10.1 Å². The molecule has 1 N–H and O–H groups in total. The van der Waals surface area contributed by atoms with Gasteiger partial charge in [0.1, 0.15) is 11.3 Å². The number of nitrogens with one attached hydrogen (secondary N) is 1. The van der Waals surface area contributed by atoms with Crippen molar-refractivity contribution in [3.63, 3.8) is 0 Å². The Kier molecular flexibility index (Phi) is 3.72. The number of ether oxygens (including phenoxy) is 1. The quantitative estimate of drug-likeness (QED) is 0.569. The first kappa shape index (κ1) is 15.4. The summed E-state index contributed by atoms with van der Waals surface area (Å²) in [4.78, 5) is 15.2. The van der Waals surface area contributed by atoms with Gasteiger partial charge in [-0.15, -0.1) is 0 Å². The molecule has 0 aliphatic heterocycles. The van der Waals surface area contributed by atoms with Crippen LogP contribution in [0.2, 0.25) is 0 Å². The van der Waals surface area contributed by atoms with Crippen LogP contribution >= 0.6 is 0 Å². The lowest BCUT2D eigenvalue weighted by molar-refractivity contribution is -0.383. The number of non-ortho nitro benzene ring substituents is 1. The molecular formula is C19H17N3O3. The maximum absolute atomic E-state index is 11.2. The second kappa shape index (κ2) is 6.05. The average Bonchev–Trinajstić information content (AvgIpc) is 3.05. The zero-order valence-corrected chi connectivity index (χ0v) is 13.7. The Bertz CT molecular complexity index is 971. The molecule has 1 aromatic heterocycles. The van der Waals surface area contributed by atoms with Crippen LogP contribution in [0.1, 0.15) is 23.6 Å². The molecule has 3 aromatic rings. The summed E-state index contributed by atoms with van der Waals surface area (Å²) in [5, 5.41) is 15.3. The van der Waals surface area contributed by atoms with Crippen molar-refractivity contribution in [1.29, 1.82) is 0 Å². The van der Waals surface area contributed by atoms with Crippen LogP contribution in [0, 0.1) is 10.1 Å². The summed E-state index contributed by atoms with van der Waals surface area (Å²) in [7, 11) is 1.68. The summed E-state index contributed by atoms with van der Waals surface area (Å²) < 4.78 is 5.45. The maximum Gasteiger partial charge on any atom is 0.278 e. The lowest BCUT2D eigenvalue weighted by atomic mass is 10.1. The molecule has 2 aromatic carbocycles. The summed E-state index contributed by atoms with van der Waals surface area (Å²) in [5.74, 6) is 0.911. The molecule has 0 radical (unpaired) electrons. The van der Waals surface area contributed by atoms with Crippen LogP contribution in [0.5, 0.6) is 5.75 Å². The van der Waals surface area contributed by atoms with Gasteiger partial charge in [0.15, 0.2) is 0 Å². The third-order valence-electron chi connectivity index (χ3n) is 4.72. The molecule has 1 heterocycles. The van der Waals surface area contributed by atoms with E-state index in [1.807, 2.05) is 12.1 Å². The van der Waals surface area contributed by atoms with E-state index < -0.39 is 0 Å². The summed E-state index contributed by atoms with van der Waals surface area (Å²) in [6.45, 7) is 0. The number of pyridine rings is 1. The van der Waals surface area contributed by atoms with Gasteiger partial charge in [-0.3, -0.25) is 15.1 Å². The fourth-order valence-corrected chi connectivity index (χ4v) is 3.58. The van der Waals surface area contributed by atoms with Gasteiger partial charge >= 0.3 is 0 Å². The molecule has 6 nitrogen and oxygen atoms in total. The van der Waals surface area contributed by atoms with Crippen molar-refractivity contribution in [2.75, 3.05) is 12.4 Å². The minimum Gasteiger partial charge on any atom is -0.496 e. The number of nitro groups is 1. The molecule has 0 bridgehead atoms. The molecule has 1 aliphatic rings. The highest BCUT2D eigenvalue weighted by molar-refractivity contribution is 5.96. The van der Waals surface area contributed by atoms with Crippen molar-refractivity contribution in [3.8, 4) is 5.75 Å². The lowest BCUT2D eigenvalue weighted by Gasteiger charge is -2.17.